The lowest BCUT2D eigenvalue weighted by Crippen LogP contribution is -2.03. The molecule has 1 aliphatic carbocycles. The minimum atomic E-state index is -0.168. The SMILES string of the molecule is NCc1c(F)cccc1SCC1CCCC1. The third-order valence-corrected chi connectivity index (χ3v) is 4.56. The second-order valence-electron chi connectivity index (χ2n) is 4.38. The zero-order valence-electron chi connectivity index (χ0n) is 9.42. The van der Waals surface area contributed by atoms with Crippen LogP contribution in [0.1, 0.15) is 31.2 Å². The summed E-state index contributed by atoms with van der Waals surface area (Å²) in [6.45, 7) is 0.291. The van der Waals surface area contributed by atoms with Crippen molar-refractivity contribution in [2.45, 2.75) is 37.1 Å². The molecule has 88 valence electrons. The van der Waals surface area contributed by atoms with Crippen molar-refractivity contribution in [3.05, 3.63) is 29.6 Å². The first-order valence-electron chi connectivity index (χ1n) is 5.91. The van der Waals surface area contributed by atoms with Gasteiger partial charge in [0.25, 0.3) is 0 Å². The fraction of sp³-hybridized carbons (Fsp3) is 0.538. The predicted molar refractivity (Wildman–Crippen MR) is 67.0 cm³/mol. The Morgan fingerprint density at radius 1 is 1.31 bits per heavy atom. The summed E-state index contributed by atoms with van der Waals surface area (Å²) >= 11 is 1.76. The van der Waals surface area contributed by atoms with Gasteiger partial charge in [-0.3, -0.25) is 0 Å². The van der Waals surface area contributed by atoms with Crippen molar-refractivity contribution in [1.82, 2.24) is 0 Å². The van der Waals surface area contributed by atoms with Crippen LogP contribution in [0.15, 0.2) is 23.1 Å². The Morgan fingerprint density at radius 2 is 2.06 bits per heavy atom. The van der Waals surface area contributed by atoms with E-state index in [1.54, 1.807) is 17.8 Å². The number of benzene rings is 1. The van der Waals surface area contributed by atoms with Gasteiger partial charge in [-0.15, -0.1) is 11.8 Å². The van der Waals surface area contributed by atoms with E-state index in [0.717, 1.165) is 16.6 Å². The maximum absolute atomic E-state index is 13.5. The number of hydrogen-bond donors (Lipinski definition) is 1. The highest BCUT2D eigenvalue weighted by Gasteiger charge is 2.16. The summed E-state index contributed by atoms with van der Waals surface area (Å²) in [5, 5.41) is 0. The van der Waals surface area contributed by atoms with Crippen molar-refractivity contribution in [2.24, 2.45) is 11.7 Å². The van der Waals surface area contributed by atoms with E-state index in [9.17, 15) is 4.39 Å². The molecule has 1 aliphatic rings. The zero-order chi connectivity index (χ0) is 11.4. The van der Waals surface area contributed by atoms with Crippen LogP contribution in [0.4, 0.5) is 4.39 Å². The van der Waals surface area contributed by atoms with Crippen LogP contribution in [0.3, 0.4) is 0 Å². The number of rotatable bonds is 4. The highest BCUT2D eigenvalue weighted by molar-refractivity contribution is 7.99. The van der Waals surface area contributed by atoms with E-state index in [4.69, 9.17) is 5.73 Å². The normalized spacial score (nSPS) is 16.9. The summed E-state index contributed by atoms with van der Waals surface area (Å²) < 4.78 is 13.5. The van der Waals surface area contributed by atoms with Crippen LogP contribution in [-0.4, -0.2) is 5.75 Å². The molecule has 0 amide bonds. The van der Waals surface area contributed by atoms with Gasteiger partial charge in [0.2, 0.25) is 0 Å². The van der Waals surface area contributed by atoms with Crippen molar-refractivity contribution in [1.29, 1.82) is 0 Å². The molecule has 16 heavy (non-hydrogen) atoms. The topological polar surface area (TPSA) is 26.0 Å². The molecule has 1 saturated carbocycles. The van der Waals surface area contributed by atoms with Gasteiger partial charge in [0, 0.05) is 22.8 Å². The summed E-state index contributed by atoms with van der Waals surface area (Å²) in [6.07, 6.45) is 5.39. The van der Waals surface area contributed by atoms with Crippen molar-refractivity contribution < 1.29 is 4.39 Å². The molecule has 0 bridgehead atoms. The second kappa shape index (κ2) is 5.69. The molecule has 0 spiro atoms. The number of halogens is 1. The second-order valence-corrected chi connectivity index (χ2v) is 5.44. The number of nitrogens with two attached hydrogens (primary N) is 1. The van der Waals surface area contributed by atoms with Crippen molar-refractivity contribution in [2.75, 3.05) is 5.75 Å². The van der Waals surface area contributed by atoms with Gasteiger partial charge in [-0.1, -0.05) is 18.9 Å². The number of thioether (sulfide) groups is 1. The molecule has 2 N–H and O–H groups in total. The van der Waals surface area contributed by atoms with Gasteiger partial charge in [-0.05, 0) is 30.9 Å². The molecule has 0 aliphatic heterocycles. The Labute approximate surface area is 101 Å². The molecule has 2 rings (SSSR count). The minimum Gasteiger partial charge on any atom is -0.326 e. The average molecular weight is 239 g/mol. The highest BCUT2D eigenvalue weighted by atomic mass is 32.2. The molecule has 3 heteroatoms. The summed E-state index contributed by atoms with van der Waals surface area (Å²) in [6, 6.07) is 5.23. The first-order valence-corrected chi connectivity index (χ1v) is 6.90. The molecule has 0 unspecified atom stereocenters. The molecular formula is C13H18FNS. The van der Waals surface area contributed by atoms with Crippen molar-refractivity contribution in [3.63, 3.8) is 0 Å². The van der Waals surface area contributed by atoms with Crippen LogP contribution in [0.2, 0.25) is 0 Å². The van der Waals surface area contributed by atoms with Gasteiger partial charge in [0.05, 0.1) is 0 Å². The third-order valence-electron chi connectivity index (χ3n) is 3.23. The van der Waals surface area contributed by atoms with Crippen LogP contribution in [-0.2, 0) is 6.54 Å². The zero-order valence-corrected chi connectivity index (χ0v) is 10.2. The Morgan fingerprint density at radius 3 is 2.75 bits per heavy atom. The molecule has 1 aromatic rings. The van der Waals surface area contributed by atoms with Crippen LogP contribution in [0.5, 0.6) is 0 Å². The van der Waals surface area contributed by atoms with Crippen molar-refractivity contribution in [3.8, 4) is 0 Å². The highest BCUT2D eigenvalue weighted by Crippen LogP contribution is 2.32. The Bertz CT molecular complexity index is 348. The Hall–Kier alpha value is -0.540. The van der Waals surface area contributed by atoms with E-state index in [0.29, 0.717) is 12.1 Å². The van der Waals surface area contributed by atoms with Gasteiger partial charge < -0.3 is 5.73 Å². The predicted octanol–water partition coefficient (Wildman–Crippen LogP) is 3.57. The monoisotopic (exact) mass is 239 g/mol. The molecule has 0 heterocycles. The largest absolute Gasteiger partial charge is 0.326 e. The van der Waals surface area contributed by atoms with Crippen LogP contribution < -0.4 is 5.73 Å². The van der Waals surface area contributed by atoms with Gasteiger partial charge in [0.15, 0.2) is 0 Å². The van der Waals surface area contributed by atoms with E-state index < -0.39 is 0 Å². The lowest BCUT2D eigenvalue weighted by atomic mass is 10.1. The van der Waals surface area contributed by atoms with E-state index >= 15 is 0 Å². The molecule has 1 fully saturated rings. The van der Waals surface area contributed by atoms with Gasteiger partial charge in [0.1, 0.15) is 5.82 Å². The summed E-state index contributed by atoms with van der Waals surface area (Å²) in [5.74, 6) is 1.76. The first-order chi connectivity index (χ1) is 7.81. The van der Waals surface area contributed by atoms with Crippen LogP contribution in [0, 0.1) is 11.7 Å². The van der Waals surface area contributed by atoms with Gasteiger partial charge >= 0.3 is 0 Å². The summed E-state index contributed by atoms with van der Waals surface area (Å²) in [5.41, 5.74) is 6.25. The fourth-order valence-corrected chi connectivity index (χ4v) is 3.54. The summed E-state index contributed by atoms with van der Waals surface area (Å²) in [4.78, 5) is 1.02. The van der Waals surface area contributed by atoms with Gasteiger partial charge in [-0.2, -0.15) is 0 Å². The first kappa shape index (κ1) is 11.9. The fourth-order valence-electron chi connectivity index (χ4n) is 2.26. The van der Waals surface area contributed by atoms with E-state index in [1.807, 2.05) is 6.07 Å². The quantitative estimate of drug-likeness (QED) is 0.813. The maximum atomic E-state index is 13.5. The van der Waals surface area contributed by atoms with Crippen LogP contribution in [0.25, 0.3) is 0 Å². The van der Waals surface area contributed by atoms with Gasteiger partial charge in [-0.25, -0.2) is 4.39 Å². The Balaban J connectivity index is 2.00. The smallest absolute Gasteiger partial charge is 0.128 e. The summed E-state index contributed by atoms with van der Waals surface area (Å²) in [7, 11) is 0. The van der Waals surface area contributed by atoms with Crippen LogP contribution >= 0.6 is 11.8 Å². The number of hydrogen-bond acceptors (Lipinski definition) is 2. The lowest BCUT2D eigenvalue weighted by molar-refractivity contribution is 0.603. The van der Waals surface area contributed by atoms with E-state index in [1.165, 1.54) is 31.7 Å². The van der Waals surface area contributed by atoms with E-state index in [2.05, 4.69) is 0 Å². The average Bonchev–Trinajstić information content (AvgIpc) is 2.79. The Kier molecular flexibility index (Phi) is 4.24. The molecule has 0 atom stereocenters. The van der Waals surface area contributed by atoms with E-state index in [-0.39, 0.29) is 5.82 Å². The molecule has 0 saturated heterocycles. The molecule has 1 aromatic carbocycles. The third kappa shape index (κ3) is 2.77. The van der Waals surface area contributed by atoms with Crippen molar-refractivity contribution >= 4 is 11.8 Å². The molecular weight excluding hydrogens is 221 g/mol. The molecule has 0 radical (unpaired) electrons. The minimum absolute atomic E-state index is 0.168. The molecule has 0 aromatic heterocycles. The molecule has 1 nitrogen and oxygen atoms in total. The lowest BCUT2D eigenvalue weighted by Gasteiger charge is -2.11. The maximum Gasteiger partial charge on any atom is 0.128 e. The standard InChI is InChI=1S/C13H18FNS/c14-12-6-3-7-13(11(12)8-15)16-9-10-4-1-2-5-10/h3,6-7,10H,1-2,4-5,8-9,15H2.